The van der Waals surface area contributed by atoms with E-state index >= 15 is 0 Å². The van der Waals surface area contributed by atoms with Gasteiger partial charge in [-0.25, -0.2) is 4.39 Å². The molecule has 2 N–H and O–H groups in total. The van der Waals surface area contributed by atoms with Gasteiger partial charge in [-0.15, -0.1) is 0 Å². The molecule has 6 heteroatoms. The van der Waals surface area contributed by atoms with E-state index in [0.717, 1.165) is 0 Å². The Kier molecular flexibility index (Phi) is 3.59. The maximum atomic E-state index is 13.5. The van der Waals surface area contributed by atoms with Crippen LogP contribution in [-0.2, 0) is 0 Å². The quantitative estimate of drug-likeness (QED) is 0.921. The first-order valence-corrected chi connectivity index (χ1v) is 5.69. The van der Waals surface area contributed by atoms with Gasteiger partial charge in [-0.3, -0.25) is 0 Å². The number of nitrogens with zero attached hydrogens (tertiary/aromatic N) is 1. The first-order chi connectivity index (χ1) is 9.06. The second kappa shape index (κ2) is 5.17. The van der Waals surface area contributed by atoms with Crippen molar-refractivity contribution in [3.05, 3.63) is 23.8 Å². The van der Waals surface area contributed by atoms with Crippen molar-refractivity contribution in [3.8, 4) is 22.8 Å². The van der Waals surface area contributed by atoms with Gasteiger partial charge in [0.15, 0.2) is 23.1 Å². The van der Waals surface area contributed by atoms with Crippen molar-refractivity contribution < 1.29 is 18.4 Å². The zero-order valence-corrected chi connectivity index (χ0v) is 10.9. The summed E-state index contributed by atoms with van der Waals surface area (Å²) < 4.78 is 29.1. The molecule has 0 aliphatic carbocycles. The van der Waals surface area contributed by atoms with Crippen molar-refractivity contribution in [2.24, 2.45) is 0 Å². The van der Waals surface area contributed by atoms with Crippen LogP contribution in [0.15, 0.2) is 22.7 Å². The second-order valence-electron chi connectivity index (χ2n) is 4.04. The lowest BCUT2D eigenvalue weighted by atomic mass is 10.0. The summed E-state index contributed by atoms with van der Waals surface area (Å²) in [4.78, 5) is 0. The van der Waals surface area contributed by atoms with E-state index in [2.05, 4.69) is 5.16 Å². The monoisotopic (exact) mass is 266 g/mol. The Morgan fingerprint density at radius 1 is 1.26 bits per heavy atom. The molecule has 0 bridgehead atoms. The van der Waals surface area contributed by atoms with Crippen LogP contribution in [0.2, 0.25) is 0 Å². The number of hydrogen-bond acceptors (Lipinski definition) is 5. The first kappa shape index (κ1) is 13.2. The summed E-state index contributed by atoms with van der Waals surface area (Å²) >= 11 is 0. The Morgan fingerprint density at radius 3 is 2.47 bits per heavy atom. The van der Waals surface area contributed by atoms with Crippen LogP contribution in [0.25, 0.3) is 11.3 Å². The third-order valence-electron chi connectivity index (χ3n) is 2.75. The molecule has 1 aromatic heterocycles. The fraction of sp³-hybridized carbons (Fsp3) is 0.308. The van der Waals surface area contributed by atoms with Gasteiger partial charge in [-0.2, -0.15) is 0 Å². The van der Waals surface area contributed by atoms with Gasteiger partial charge in [0.2, 0.25) is 0 Å². The minimum atomic E-state index is -1.14. The summed E-state index contributed by atoms with van der Waals surface area (Å²) in [7, 11) is 2.99. The summed E-state index contributed by atoms with van der Waals surface area (Å²) in [5.41, 5.74) is 6.53. The van der Waals surface area contributed by atoms with Crippen molar-refractivity contribution >= 4 is 5.82 Å². The van der Waals surface area contributed by atoms with Crippen LogP contribution in [0, 0.1) is 0 Å². The van der Waals surface area contributed by atoms with Crippen molar-refractivity contribution in [2.75, 3.05) is 20.0 Å². The van der Waals surface area contributed by atoms with E-state index in [9.17, 15) is 4.39 Å². The summed E-state index contributed by atoms with van der Waals surface area (Å²) in [6, 6.07) is 4.77. The molecule has 0 amide bonds. The number of nitrogen functional groups attached to an aromatic ring is 1. The summed E-state index contributed by atoms with van der Waals surface area (Å²) in [5.74, 6) is 1.52. The van der Waals surface area contributed by atoms with E-state index in [1.54, 1.807) is 18.2 Å². The smallest absolute Gasteiger partial charge is 0.172 e. The molecule has 19 heavy (non-hydrogen) atoms. The number of ether oxygens (including phenoxy) is 2. The number of hydrogen-bond donors (Lipinski definition) is 1. The van der Waals surface area contributed by atoms with Crippen LogP contribution < -0.4 is 15.2 Å². The molecule has 102 valence electrons. The molecule has 2 rings (SSSR count). The number of anilines is 1. The Bertz CT molecular complexity index is 581. The van der Waals surface area contributed by atoms with Gasteiger partial charge in [0.1, 0.15) is 6.17 Å². The highest BCUT2D eigenvalue weighted by Gasteiger charge is 2.19. The number of rotatable bonds is 4. The SMILES string of the molecule is COc1cc(C(C)F)cc(-c2cc(N)no2)c1OC. The Labute approximate surface area is 110 Å². The lowest BCUT2D eigenvalue weighted by Crippen LogP contribution is -1.96. The van der Waals surface area contributed by atoms with Crippen molar-refractivity contribution in [2.45, 2.75) is 13.1 Å². The molecule has 0 spiro atoms. The van der Waals surface area contributed by atoms with Gasteiger partial charge >= 0.3 is 0 Å². The Hall–Kier alpha value is -2.24. The van der Waals surface area contributed by atoms with Crippen LogP contribution in [0.5, 0.6) is 11.5 Å². The fourth-order valence-electron chi connectivity index (χ4n) is 1.81. The van der Waals surface area contributed by atoms with Gasteiger partial charge in [-0.05, 0) is 24.6 Å². The third-order valence-corrected chi connectivity index (χ3v) is 2.75. The maximum absolute atomic E-state index is 13.5. The summed E-state index contributed by atoms with van der Waals surface area (Å²) in [5, 5.41) is 3.61. The van der Waals surface area contributed by atoms with Crippen molar-refractivity contribution in [1.82, 2.24) is 5.16 Å². The molecule has 0 aliphatic rings. The molecular weight excluding hydrogens is 251 g/mol. The fourth-order valence-corrected chi connectivity index (χ4v) is 1.81. The molecule has 1 unspecified atom stereocenters. The Morgan fingerprint density at radius 2 is 2.00 bits per heavy atom. The van der Waals surface area contributed by atoms with Crippen LogP contribution in [0.4, 0.5) is 10.2 Å². The molecule has 1 atom stereocenters. The van der Waals surface area contributed by atoms with Gasteiger partial charge in [0.25, 0.3) is 0 Å². The average Bonchev–Trinajstić information content (AvgIpc) is 2.83. The predicted octanol–water partition coefficient (Wildman–Crippen LogP) is 2.97. The molecule has 0 fully saturated rings. The van der Waals surface area contributed by atoms with Crippen molar-refractivity contribution in [1.29, 1.82) is 0 Å². The zero-order chi connectivity index (χ0) is 14.0. The van der Waals surface area contributed by atoms with E-state index in [-0.39, 0.29) is 5.82 Å². The van der Waals surface area contributed by atoms with Gasteiger partial charge in [-0.1, -0.05) is 5.16 Å². The predicted molar refractivity (Wildman–Crippen MR) is 69.0 cm³/mol. The molecule has 5 nitrogen and oxygen atoms in total. The number of alkyl halides is 1. The largest absolute Gasteiger partial charge is 0.493 e. The summed E-state index contributed by atoms with van der Waals surface area (Å²) in [6.45, 7) is 1.44. The third kappa shape index (κ3) is 2.47. The van der Waals surface area contributed by atoms with E-state index in [4.69, 9.17) is 19.7 Å². The van der Waals surface area contributed by atoms with Gasteiger partial charge in [0.05, 0.1) is 19.8 Å². The Balaban J connectivity index is 2.65. The average molecular weight is 266 g/mol. The molecule has 0 saturated carbocycles. The first-order valence-electron chi connectivity index (χ1n) is 5.69. The number of halogens is 1. The number of nitrogens with two attached hydrogens (primary N) is 1. The number of aromatic nitrogens is 1. The van der Waals surface area contributed by atoms with E-state index in [1.807, 2.05) is 0 Å². The van der Waals surface area contributed by atoms with Crippen LogP contribution >= 0.6 is 0 Å². The molecule has 0 aliphatic heterocycles. The maximum Gasteiger partial charge on any atom is 0.172 e. The second-order valence-corrected chi connectivity index (χ2v) is 4.04. The van der Waals surface area contributed by atoms with Crippen LogP contribution in [0.3, 0.4) is 0 Å². The molecular formula is C13H15FN2O3. The highest BCUT2D eigenvalue weighted by molar-refractivity contribution is 5.72. The van der Waals surface area contributed by atoms with Gasteiger partial charge < -0.3 is 19.7 Å². The van der Waals surface area contributed by atoms with Crippen LogP contribution in [0.1, 0.15) is 18.7 Å². The highest BCUT2D eigenvalue weighted by Crippen LogP contribution is 2.41. The standard InChI is InChI=1S/C13H15FN2O3/c1-7(14)8-4-9(10-6-12(15)16-19-10)13(18-3)11(5-8)17-2/h4-7H,1-3H3,(H2,15,16). The van der Waals surface area contributed by atoms with Crippen LogP contribution in [-0.4, -0.2) is 19.4 Å². The number of benzene rings is 1. The highest BCUT2D eigenvalue weighted by atomic mass is 19.1. The van der Waals surface area contributed by atoms with E-state index < -0.39 is 6.17 Å². The van der Waals surface area contributed by atoms with Gasteiger partial charge in [0, 0.05) is 6.07 Å². The topological polar surface area (TPSA) is 70.5 Å². The molecule has 0 saturated heterocycles. The normalized spacial score (nSPS) is 12.2. The molecule has 1 heterocycles. The molecule has 1 aromatic carbocycles. The van der Waals surface area contributed by atoms with E-state index in [0.29, 0.717) is 28.4 Å². The molecule has 2 aromatic rings. The lowest BCUT2D eigenvalue weighted by molar-refractivity contribution is 0.346. The molecule has 0 radical (unpaired) electrons. The zero-order valence-electron chi connectivity index (χ0n) is 10.9. The van der Waals surface area contributed by atoms with Crippen molar-refractivity contribution in [3.63, 3.8) is 0 Å². The lowest BCUT2D eigenvalue weighted by Gasteiger charge is -2.14. The van der Waals surface area contributed by atoms with E-state index in [1.165, 1.54) is 21.1 Å². The number of methoxy groups -OCH3 is 2. The minimum Gasteiger partial charge on any atom is -0.493 e. The minimum absolute atomic E-state index is 0.245. The summed E-state index contributed by atoms with van der Waals surface area (Å²) in [6.07, 6.45) is -1.14.